The normalized spacial score (nSPS) is 11.7. The van der Waals surface area contributed by atoms with Crippen molar-refractivity contribution in [2.24, 2.45) is 0 Å². The number of hydrogen-bond donors (Lipinski definition) is 0. The molecule has 3 heterocycles. The van der Waals surface area contributed by atoms with Crippen LogP contribution in [0.2, 0.25) is 0 Å². The fraction of sp³-hybridized carbons (Fsp3) is 0. The molecule has 5 aromatic carbocycles. The monoisotopic (exact) mass is 504 g/mol. The molecule has 5 heteroatoms. The first kappa shape index (κ1) is 21.2. The first-order chi connectivity index (χ1) is 18.8. The van der Waals surface area contributed by atoms with Crippen LogP contribution < -0.4 is 0 Å². The van der Waals surface area contributed by atoms with Crippen molar-refractivity contribution in [1.29, 1.82) is 0 Å². The van der Waals surface area contributed by atoms with Crippen molar-refractivity contribution in [1.82, 2.24) is 19.5 Å². The average Bonchev–Trinajstić information content (AvgIpc) is 3.25. The Hall–Kier alpha value is -4.87. The Bertz CT molecular complexity index is 2070. The average molecular weight is 505 g/mol. The third kappa shape index (κ3) is 3.19. The molecule has 178 valence electrons. The van der Waals surface area contributed by atoms with Crippen molar-refractivity contribution in [2.75, 3.05) is 0 Å². The van der Waals surface area contributed by atoms with E-state index in [1.807, 2.05) is 72.0 Å². The van der Waals surface area contributed by atoms with Gasteiger partial charge in [-0.25, -0.2) is 4.98 Å². The highest BCUT2D eigenvalue weighted by Gasteiger charge is 2.20. The van der Waals surface area contributed by atoms with Crippen LogP contribution in [0, 0.1) is 0 Å². The van der Waals surface area contributed by atoms with Gasteiger partial charge in [-0.05, 0) is 35.0 Å². The Morgan fingerprint density at radius 2 is 1.00 bits per heavy atom. The third-order valence-corrected chi connectivity index (χ3v) is 8.20. The van der Waals surface area contributed by atoms with E-state index in [9.17, 15) is 0 Å². The van der Waals surface area contributed by atoms with Crippen LogP contribution in [0.3, 0.4) is 0 Å². The molecule has 38 heavy (non-hydrogen) atoms. The molecular formula is C33H20N4S. The highest BCUT2D eigenvalue weighted by atomic mass is 32.1. The zero-order chi connectivity index (χ0) is 25.1. The standard InChI is InChI=1S/C33H20N4S/c1-3-11-21(12-4-1)31-34-32(22-13-5-2-6-14-22)36-33(35-31)37-25-17-9-16-24-23-15-7-8-19-27(23)38-28-20-10-18-26(37)30(28)29(24)25/h1-20H. The Kier molecular flexibility index (Phi) is 4.66. The van der Waals surface area contributed by atoms with Crippen LogP contribution in [0.5, 0.6) is 0 Å². The molecule has 0 spiro atoms. The number of benzene rings is 5. The molecular weight excluding hydrogens is 484 g/mol. The summed E-state index contributed by atoms with van der Waals surface area (Å²) in [6.45, 7) is 0. The maximum absolute atomic E-state index is 5.05. The molecule has 0 N–H and O–H groups in total. The minimum atomic E-state index is 0.617. The smallest absolute Gasteiger partial charge is 0.238 e. The van der Waals surface area contributed by atoms with E-state index < -0.39 is 0 Å². The van der Waals surface area contributed by atoms with Gasteiger partial charge in [0, 0.05) is 31.3 Å². The van der Waals surface area contributed by atoms with E-state index in [0.29, 0.717) is 17.6 Å². The van der Waals surface area contributed by atoms with E-state index in [1.54, 1.807) is 0 Å². The van der Waals surface area contributed by atoms with Crippen molar-refractivity contribution in [2.45, 2.75) is 0 Å². The molecule has 0 fully saturated rings. The molecule has 8 aromatic rings. The van der Waals surface area contributed by atoms with Crippen molar-refractivity contribution >= 4 is 53.3 Å². The molecule has 4 nitrogen and oxygen atoms in total. The Labute approximate surface area is 222 Å². The topological polar surface area (TPSA) is 43.6 Å². The van der Waals surface area contributed by atoms with Crippen LogP contribution in [-0.4, -0.2) is 19.5 Å². The lowest BCUT2D eigenvalue weighted by atomic mass is 10.1. The maximum Gasteiger partial charge on any atom is 0.238 e. The molecule has 0 saturated carbocycles. The van der Waals surface area contributed by atoms with Gasteiger partial charge >= 0.3 is 0 Å². The van der Waals surface area contributed by atoms with E-state index in [-0.39, 0.29) is 0 Å². The van der Waals surface area contributed by atoms with Crippen LogP contribution in [0.25, 0.3) is 70.7 Å². The SMILES string of the molecule is c1ccc(-c2nc(-c3ccccc3)nc(-n3c4cccc5sc6ccccc6c6cccc3c6c54)n2)cc1. The second-order valence-corrected chi connectivity index (χ2v) is 10.4. The fourth-order valence-corrected chi connectivity index (χ4v) is 6.52. The van der Waals surface area contributed by atoms with Crippen molar-refractivity contribution in [3.63, 3.8) is 0 Å². The summed E-state index contributed by atoms with van der Waals surface area (Å²) >= 11 is 1.82. The predicted octanol–water partition coefficient (Wildman–Crippen LogP) is 8.67. The summed E-state index contributed by atoms with van der Waals surface area (Å²) in [5.74, 6) is 1.93. The third-order valence-electron chi connectivity index (χ3n) is 7.06. The van der Waals surface area contributed by atoms with Gasteiger partial charge < -0.3 is 0 Å². The lowest BCUT2D eigenvalue weighted by molar-refractivity contribution is 0.954. The van der Waals surface area contributed by atoms with Gasteiger partial charge in [0.25, 0.3) is 0 Å². The van der Waals surface area contributed by atoms with Gasteiger partial charge in [-0.3, -0.25) is 4.57 Å². The lowest BCUT2D eigenvalue weighted by Gasteiger charge is -2.11. The van der Waals surface area contributed by atoms with E-state index in [1.165, 1.54) is 30.9 Å². The van der Waals surface area contributed by atoms with Gasteiger partial charge in [-0.2, -0.15) is 9.97 Å². The van der Waals surface area contributed by atoms with Crippen molar-refractivity contribution in [3.8, 4) is 28.7 Å². The highest BCUT2D eigenvalue weighted by Crippen LogP contribution is 2.42. The molecule has 0 radical (unpaired) electrons. The Balaban J connectivity index is 1.53. The number of hydrogen-bond acceptors (Lipinski definition) is 4. The van der Waals surface area contributed by atoms with E-state index in [2.05, 4.69) is 65.2 Å². The van der Waals surface area contributed by atoms with Crippen LogP contribution in [0.1, 0.15) is 0 Å². The minimum absolute atomic E-state index is 0.617. The number of fused-ring (bicyclic) bond motifs is 2. The molecule has 0 unspecified atom stereocenters. The van der Waals surface area contributed by atoms with Crippen LogP contribution in [-0.2, 0) is 0 Å². The summed E-state index contributed by atoms with van der Waals surface area (Å²) in [4.78, 5) is 15.0. The number of nitrogens with zero attached hydrogens (tertiary/aromatic N) is 4. The molecule has 0 saturated heterocycles. The minimum Gasteiger partial charge on any atom is -0.278 e. The van der Waals surface area contributed by atoms with E-state index >= 15 is 0 Å². The van der Waals surface area contributed by atoms with Crippen LogP contribution in [0.15, 0.2) is 121 Å². The zero-order valence-corrected chi connectivity index (χ0v) is 21.1. The van der Waals surface area contributed by atoms with Crippen molar-refractivity contribution in [3.05, 3.63) is 121 Å². The first-order valence-electron chi connectivity index (χ1n) is 12.6. The van der Waals surface area contributed by atoms with Gasteiger partial charge in [0.15, 0.2) is 11.6 Å². The van der Waals surface area contributed by atoms with Crippen LogP contribution in [0.4, 0.5) is 0 Å². The number of aromatic nitrogens is 4. The summed E-state index contributed by atoms with van der Waals surface area (Å²) in [5.41, 5.74) is 4.10. The van der Waals surface area contributed by atoms with Crippen LogP contribution >= 0.6 is 11.3 Å². The largest absolute Gasteiger partial charge is 0.278 e. The maximum atomic E-state index is 5.05. The van der Waals surface area contributed by atoms with E-state index in [4.69, 9.17) is 15.0 Å². The van der Waals surface area contributed by atoms with Gasteiger partial charge in [0.2, 0.25) is 5.95 Å². The molecule has 0 amide bonds. The van der Waals surface area contributed by atoms with Gasteiger partial charge in [-0.15, -0.1) is 11.3 Å². The molecule has 0 bridgehead atoms. The second kappa shape index (κ2) is 8.33. The predicted molar refractivity (Wildman–Crippen MR) is 158 cm³/mol. The van der Waals surface area contributed by atoms with Crippen molar-refractivity contribution < 1.29 is 0 Å². The molecule has 0 aliphatic carbocycles. The van der Waals surface area contributed by atoms with E-state index in [0.717, 1.165) is 22.2 Å². The molecule has 0 aliphatic heterocycles. The number of rotatable bonds is 3. The van der Waals surface area contributed by atoms with Gasteiger partial charge in [0.05, 0.1) is 11.0 Å². The first-order valence-corrected chi connectivity index (χ1v) is 13.4. The molecule has 8 rings (SSSR count). The fourth-order valence-electron chi connectivity index (χ4n) is 5.40. The van der Waals surface area contributed by atoms with Gasteiger partial charge in [0.1, 0.15) is 0 Å². The van der Waals surface area contributed by atoms with Gasteiger partial charge in [-0.1, -0.05) is 97.1 Å². The summed E-state index contributed by atoms with van der Waals surface area (Å²) < 4.78 is 4.71. The Morgan fingerprint density at radius 1 is 0.447 bits per heavy atom. The quantitative estimate of drug-likeness (QED) is 0.242. The lowest BCUT2D eigenvalue weighted by Crippen LogP contribution is -2.06. The molecule has 3 aromatic heterocycles. The second-order valence-electron chi connectivity index (χ2n) is 9.30. The molecule has 0 atom stereocenters. The Morgan fingerprint density at radius 3 is 1.71 bits per heavy atom. The highest BCUT2D eigenvalue weighted by molar-refractivity contribution is 7.24. The molecule has 0 aliphatic rings. The summed E-state index contributed by atoms with van der Waals surface area (Å²) in [6, 6.07) is 42.0. The summed E-state index contributed by atoms with van der Waals surface area (Å²) in [7, 11) is 0. The summed E-state index contributed by atoms with van der Waals surface area (Å²) in [5, 5.41) is 4.96. The zero-order valence-electron chi connectivity index (χ0n) is 20.2. The summed E-state index contributed by atoms with van der Waals surface area (Å²) in [6.07, 6.45) is 0.